The van der Waals surface area contributed by atoms with Crippen LogP contribution in [0.5, 0.6) is 11.5 Å². The van der Waals surface area contributed by atoms with Gasteiger partial charge in [-0.15, -0.1) is 0 Å². The van der Waals surface area contributed by atoms with Crippen LogP contribution in [0.2, 0.25) is 0 Å². The molecule has 1 N–H and O–H groups in total. The second-order valence-corrected chi connectivity index (χ2v) is 13.4. The van der Waals surface area contributed by atoms with Crippen molar-refractivity contribution >= 4 is 17.5 Å². The summed E-state index contributed by atoms with van der Waals surface area (Å²) in [4.78, 5) is 34.0. The van der Waals surface area contributed by atoms with Crippen molar-refractivity contribution in [2.24, 2.45) is 0 Å². The number of para-hydroxylation sites is 2. The lowest BCUT2D eigenvalue weighted by atomic mass is 9.68. The number of alkyl halides is 3. The first-order valence-corrected chi connectivity index (χ1v) is 17.3. The lowest BCUT2D eigenvalue weighted by Gasteiger charge is -2.39. The Morgan fingerprint density at radius 3 is 2.16 bits per heavy atom. The Morgan fingerprint density at radius 1 is 0.860 bits per heavy atom. The number of hydrogen-bond acceptors (Lipinski definition) is 5. The zero-order chi connectivity index (χ0) is 34.9. The average Bonchev–Trinajstić information content (AvgIpc) is 3.47. The van der Waals surface area contributed by atoms with E-state index in [1.807, 2.05) is 29.2 Å². The van der Waals surface area contributed by atoms with Crippen LogP contribution in [0.15, 0.2) is 97.1 Å². The molecule has 260 valence electrons. The minimum absolute atomic E-state index is 0.0109. The van der Waals surface area contributed by atoms with Crippen molar-refractivity contribution in [1.82, 2.24) is 15.1 Å². The highest BCUT2D eigenvalue weighted by Gasteiger charge is 2.48. The standard InChI is InChI=1S/C40H41F3N4O3/c1-28(29-11-3-2-4-12-29)47-26-30-17-18-31(25-32(30)37(47)48)46-23-21-45(22-24-46)20-10-9-19-39(38(49)44-27-40(41,42)43)33-13-5-7-15-35(33)50-36-16-8-6-14-34(36)39/h2-8,11-18,25,28H,9-10,19-24,26-27H2,1H3,(H,44,49). The van der Waals surface area contributed by atoms with E-state index >= 15 is 0 Å². The van der Waals surface area contributed by atoms with E-state index < -0.39 is 24.0 Å². The number of carbonyl (C=O) groups excluding carboxylic acids is 2. The summed E-state index contributed by atoms with van der Waals surface area (Å²) in [5.74, 6) is 0.362. The fourth-order valence-corrected chi connectivity index (χ4v) is 7.73. The summed E-state index contributed by atoms with van der Waals surface area (Å²) in [7, 11) is 0. The lowest BCUT2D eigenvalue weighted by molar-refractivity contribution is -0.141. The predicted octanol–water partition coefficient (Wildman–Crippen LogP) is 7.47. The highest BCUT2D eigenvalue weighted by Crippen LogP contribution is 2.51. The van der Waals surface area contributed by atoms with Crippen LogP contribution in [-0.4, -0.2) is 67.1 Å². The molecule has 0 spiro atoms. The van der Waals surface area contributed by atoms with E-state index in [9.17, 15) is 22.8 Å². The summed E-state index contributed by atoms with van der Waals surface area (Å²) in [6, 6.07) is 30.6. The molecule has 1 atom stereocenters. The number of benzene rings is 4. The van der Waals surface area contributed by atoms with Gasteiger partial charge >= 0.3 is 6.18 Å². The number of ether oxygens (including phenoxy) is 1. The van der Waals surface area contributed by atoms with Gasteiger partial charge in [0.05, 0.1) is 6.04 Å². The summed E-state index contributed by atoms with van der Waals surface area (Å²) in [6.45, 7) is 5.42. The van der Waals surface area contributed by atoms with Gasteiger partial charge in [-0.05, 0) is 61.7 Å². The number of anilines is 1. The molecule has 2 amide bonds. The summed E-state index contributed by atoms with van der Waals surface area (Å²) in [5.41, 5.74) is 3.85. The van der Waals surface area contributed by atoms with Crippen LogP contribution in [0.4, 0.5) is 18.9 Å². The molecule has 1 unspecified atom stereocenters. The molecule has 1 fully saturated rings. The van der Waals surface area contributed by atoms with Gasteiger partial charge in [-0.2, -0.15) is 13.2 Å². The summed E-state index contributed by atoms with van der Waals surface area (Å²) >= 11 is 0. The van der Waals surface area contributed by atoms with E-state index in [2.05, 4.69) is 46.3 Å². The van der Waals surface area contributed by atoms with E-state index in [1.54, 1.807) is 48.5 Å². The van der Waals surface area contributed by atoms with Gasteiger partial charge in [-0.1, -0.05) is 79.2 Å². The minimum atomic E-state index is -4.53. The second-order valence-electron chi connectivity index (χ2n) is 13.4. The Hall–Kier alpha value is -4.83. The molecule has 0 radical (unpaired) electrons. The molecule has 3 aliphatic heterocycles. The van der Waals surface area contributed by atoms with Gasteiger partial charge in [0.2, 0.25) is 5.91 Å². The molecule has 10 heteroatoms. The maximum atomic E-state index is 13.9. The first kappa shape index (κ1) is 33.7. The molecular weight excluding hydrogens is 641 g/mol. The van der Waals surface area contributed by atoms with Gasteiger partial charge in [0.1, 0.15) is 23.5 Å². The van der Waals surface area contributed by atoms with Crippen LogP contribution in [0.3, 0.4) is 0 Å². The lowest BCUT2D eigenvalue weighted by Crippen LogP contribution is -2.49. The van der Waals surface area contributed by atoms with Gasteiger partial charge < -0.3 is 19.9 Å². The minimum Gasteiger partial charge on any atom is -0.457 e. The molecule has 4 aromatic carbocycles. The Bertz CT molecular complexity index is 1810. The molecule has 0 aliphatic carbocycles. The monoisotopic (exact) mass is 682 g/mol. The van der Waals surface area contributed by atoms with Gasteiger partial charge in [-0.3, -0.25) is 14.5 Å². The largest absolute Gasteiger partial charge is 0.457 e. The molecule has 0 bridgehead atoms. The molecule has 50 heavy (non-hydrogen) atoms. The van der Waals surface area contributed by atoms with Crippen molar-refractivity contribution in [3.8, 4) is 11.5 Å². The number of carbonyl (C=O) groups is 2. The van der Waals surface area contributed by atoms with Crippen molar-refractivity contribution in [3.05, 3.63) is 125 Å². The topological polar surface area (TPSA) is 65.1 Å². The van der Waals surface area contributed by atoms with E-state index in [0.717, 1.165) is 61.5 Å². The first-order chi connectivity index (χ1) is 24.1. The van der Waals surface area contributed by atoms with Crippen LogP contribution >= 0.6 is 0 Å². The second kappa shape index (κ2) is 13.8. The van der Waals surface area contributed by atoms with E-state index in [0.29, 0.717) is 42.0 Å². The Kier molecular flexibility index (Phi) is 9.30. The number of halogens is 3. The Morgan fingerprint density at radius 2 is 1.50 bits per heavy atom. The number of fused-ring (bicyclic) bond motifs is 3. The zero-order valence-corrected chi connectivity index (χ0v) is 28.1. The SMILES string of the molecule is CC(c1ccccc1)N1Cc2ccc(N3CCN(CCCCC4(C(=O)NCC(F)(F)F)c5ccccc5Oc5ccccc54)CC3)cc2C1=O. The van der Waals surface area contributed by atoms with Crippen LogP contribution < -0.4 is 15.0 Å². The molecule has 7 rings (SSSR count). The quantitative estimate of drug-likeness (QED) is 0.176. The van der Waals surface area contributed by atoms with Crippen LogP contribution in [0, 0.1) is 0 Å². The van der Waals surface area contributed by atoms with Crippen LogP contribution in [0.1, 0.15) is 64.8 Å². The van der Waals surface area contributed by atoms with Crippen molar-refractivity contribution in [1.29, 1.82) is 0 Å². The normalized spacial score (nSPS) is 17.4. The van der Waals surface area contributed by atoms with Crippen LogP contribution in [0.25, 0.3) is 0 Å². The highest BCUT2D eigenvalue weighted by atomic mass is 19.4. The number of rotatable bonds is 10. The third-order valence-corrected chi connectivity index (χ3v) is 10.4. The maximum absolute atomic E-state index is 13.9. The molecular formula is C40H41F3N4O3. The average molecular weight is 683 g/mol. The zero-order valence-electron chi connectivity index (χ0n) is 28.1. The summed E-state index contributed by atoms with van der Waals surface area (Å²) < 4.78 is 45.9. The van der Waals surface area contributed by atoms with Gasteiger partial charge in [0.25, 0.3) is 5.91 Å². The van der Waals surface area contributed by atoms with Gasteiger partial charge in [-0.25, -0.2) is 0 Å². The number of nitrogens with one attached hydrogen (secondary N) is 1. The highest BCUT2D eigenvalue weighted by molar-refractivity contribution is 5.99. The number of nitrogens with zero attached hydrogens (tertiary/aromatic N) is 3. The van der Waals surface area contributed by atoms with Crippen molar-refractivity contribution in [2.75, 3.05) is 44.2 Å². The Labute approximate surface area is 290 Å². The van der Waals surface area contributed by atoms with E-state index in [-0.39, 0.29) is 11.9 Å². The number of unbranched alkanes of at least 4 members (excludes halogenated alkanes) is 1. The Balaban J connectivity index is 0.982. The molecule has 1 saturated heterocycles. The molecule has 3 aliphatic rings. The summed E-state index contributed by atoms with van der Waals surface area (Å²) in [6.07, 6.45) is -2.77. The maximum Gasteiger partial charge on any atom is 0.405 e. The number of hydrogen-bond donors (Lipinski definition) is 1. The van der Waals surface area contributed by atoms with Crippen LogP contribution in [-0.2, 0) is 16.8 Å². The third kappa shape index (κ3) is 6.56. The smallest absolute Gasteiger partial charge is 0.405 e. The molecule has 0 aromatic heterocycles. The molecule has 3 heterocycles. The van der Waals surface area contributed by atoms with Gasteiger partial charge in [0.15, 0.2) is 0 Å². The molecule has 0 saturated carbocycles. The fraction of sp³-hybridized carbons (Fsp3) is 0.350. The molecule has 4 aromatic rings. The van der Waals surface area contributed by atoms with E-state index in [4.69, 9.17) is 4.74 Å². The fourth-order valence-electron chi connectivity index (χ4n) is 7.73. The van der Waals surface area contributed by atoms with Crippen molar-refractivity contribution < 1.29 is 27.5 Å². The first-order valence-electron chi connectivity index (χ1n) is 17.3. The molecule has 7 nitrogen and oxygen atoms in total. The van der Waals surface area contributed by atoms with Crippen molar-refractivity contribution in [3.63, 3.8) is 0 Å². The van der Waals surface area contributed by atoms with E-state index in [1.165, 1.54) is 0 Å². The van der Waals surface area contributed by atoms with Gasteiger partial charge in [0, 0.05) is 55.1 Å². The number of amides is 2. The van der Waals surface area contributed by atoms with Crippen molar-refractivity contribution in [2.45, 2.75) is 50.4 Å². The number of piperazine rings is 1. The summed E-state index contributed by atoms with van der Waals surface area (Å²) in [5, 5.41) is 2.20. The predicted molar refractivity (Wildman–Crippen MR) is 186 cm³/mol. The third-order valence-electron chi connectivity index (χ3n) is 10.4.